The molecule has 9 heteroatoms. The minimum absolute atomic E-state index is 0. The van der Waals surface area contributed by atoms with Gasteiger partial charge in [-0.1, -0.05) is 6.07 Å². The molecule has 3 rings (SSSR count). The second kappa shape index (κ2) is 10.3. The van der Waals surface area contributed by atoms with Gasteiger partial charge in [0.1, 0.15) is 12.0 Å². The van der Waals surface area contributed by atoms with E-state index in [1.165, 1.54) is 5.69 Å². The molecule has 0 fully saturated rings. The molecule has 27 heavy (non-hydrogen) atoms. The van der Waals surface area contributed by atoms with Crippen LogP contribution < -0.4 is 5.32 Å². The lowest BCUT2D eigenvalue weighted by atomic mass is 10.4. The molecule has 3 aromatic rings. The highest BCUT2D eigenvalue weighted by Gasteiger charge is 2.11. The molecule has 3 heterocycles. The Morgan fingerprint density at radius 3 is 2.93 bits per heavy atom. The van der Waals surface area contributed by atoms with Crippen LogP contribution in [0.2, 0.25) is 0 Å². The smallest absolute Gasteiger partial charge is 0.236 e. The van der Waals surface area contributed by atoms with Gasteiger partial charge < -0.3 is 19.2 Å². The van der Waals surface area contributed by atoms with Crippen LogP contribution in [0.5, 0.6) is 0 Å². The van der Waals surface area contributed by atoms with Crippen LogP contribution >= 0.6 is 51.2 Å². The number of nitrogens with one attached hydrogen (secondary N) is 1. The molecule has 1 N–H and O–H groups in total. The predicted molar refractivity (Wildman–Crippen MR) is 125 cm³/mol. The Morgan fingerprint density at radius 2 is 2.30 bits per heavy atom. The van der Waals surface area contributed by atoms with E-state index in [1.807, 2.05) is 31.6 Å². The van der Waals surface area contributed by atoms with Crippen molar-refractivity contribution in [2.24, 2.45) is 12.0 Å². The van der Waals surface area contributed by atoms with Gasteiger partial charge in [-0.25, -0.2) is 9.98 Å². The summed E-state index contributed by atoms with van der Waals surface area (Å²) in [6.07, 6.45) is 3.73. The van der Waals surface area contributed by atoms with Crippen LogP contribution in [0.1, 0.15) is 18.3 Å². The maximum absolute atomic E-state index is 5.56. The van der Waals surface area contributed by atoms with E-state index < -0.39 is 0 Å². The number of rotatable bonds is 6. The standard InChI is InChI=1S/C18H22BrN5OS.HI/c1-4-20-18(24(3)11-15-8-13(19)10-23(15)2)21-9-14-12-25-17(22-14)16-6-5-7-26-16;/h5-8,10,12H,4,9,11H2,1-3H3,(H,20,21);1H. The van der Waals surface area contributed by atoms with Crippen LogP contribution in [-0.2, 0) is 20.1 Å². The predicted octanol–water partition coefficient (Wildman–Crippen LogP) is 4.72. The first-order valence-electron chi connectivity index (χ1n) is 8.35. The van der Waals surface area contributed by atoms with E-state index in [2.05, 4.69) is 54.9 Å². The van der Waals surface area contributed by atoms with Gasteiger partial charge in [-0.3, -0.25) is 0 Å². The third kappa shape index (κ3) is 5.82. The van der Waals surface area contributed by atoms with Gasteiger partial charge in [0.25, 0.3) is 0 Å². The molecule has 3 aromatic heterocycles. The summed E-state index contributed by atoms with van der Waals surface area (Å²) >= 11 is 5.13. The number of aromatic nitrogens is 2. The highest BCUT2D eigenvalue weighted by Crippen LogP contribution is 2.23. The van der Waals surface area contributed by atoms with Crippen LogP contribution in [0, 0.1) is 0 Å². The Kier molecular flexibility index (Phi) is 8.36. The topological polar surface area (TPSA) is 58.6 Å². The van der Waals surface area contributed by atoms with Crippen LogP contribution in [0.15, 0.2) is 49.9 Å². The quantitative estimate of drug-likeness (QED) is 0.268. The lowest BCUT2D eigenvalue weighted by molar-refractivity contribution is 0.461. The third-order valence-electron chi connectivity index (χ3n) is 3.84. The van der Waals surface area contributed by atoms with Crippen molar-refractivity contribution in [3.05, 3.63) is 51.9 Å². The molecule has 0 amide bonds. The Morgan fingerprint density at radius 1 is 1.48 bits per heavy atom. The Hall–Kier alpha value is -1.33. The zero-order valence-corrected chi connectivity index (χ0v) is 20.2. The fraction of sp³-hybridized carbons (Fsp3) is 0.333. The van der Waals surface area contributed by atoms with Crippen molar-refractivity contribution in [2.45, 2.75) is 20.0 Å². The van der Waals surface area contributed by atoms with Crippen molar-refractivity contribution < 1.29 is 4.42 Å². The summed E-state index contributed by atoms with van der Waals surface area (Å²) < 4.78 is 8.75. The Balaban J connectivity index is 0.00000261. The third-order valence-corrected chi connectivity index (χ3v) is 5.14. The van der Waals surface area contributed by atoms with Crippen LogP contribution in [-0.4, -0.2) is 34.0 Å². The van der Waals surface area contributed by atoms with Crippen molar-refractivity contribution in [3.63, 3.8) is 0 Å². The van der Waals surface area contributed by atoms with Crippen molar-refractivity contribution in [1.82, 2.24) is 19.8 Å². The lowest BCUT2D eigenvalue weighted by Gasteiger charge is -2.22. The maximum Gasteiger partial charge on any atom is 0.236 e. The van der Waals surface area contributed by atoms with E-state index in [-0.39, 0.29) is 24.0 Å². The number of guanidine groups is 1. The number of oxazole rings is 1. The van der Waals surface area contributed by atoms with E-state index in [0.717, 1.165) is 34.1 Å². The molecule has 0 atom stereocenters. The molecule has 0 bridgehead atoms. The molecule has 0 unspecified atom stereocenters. The van der Waals surface area contributed by atoms with Gasteiger partial charge in [0.15, 0.2) is 5.96 Å². The van der Waals surface area contributed by atoms with E-state index in [4.69, 9.17) is 9.41 Å². The van der Waals surface area contributed by atoms with Crippen molar-refractivity contribution in [2.75, 3.05) is 13.6 Å². The highest BCUT2D eigenvalue weighted by atomic mass is 127. The average molecular weight is 564 g/mol. The summed E-state index contributed by atoms with van der Waals surface area (Å²) in [4.78, 5) is 12.4. The summed E-state index contributed by atoms with van der Waals surface area (Å²) in [5.41, 5.74) is 2.02. The van der Waals surface area contributed by atoms with E-state index in [9.17, 15) is 0 Å². The van der Waals surface area contributed by atoms with Crippen molar-refractivity contribution in [1.29, 1.82) is 0 Å². The number of halogens is 2. The molecular formula is C18H23BrIN5OS. The summed E-state index contributed by atoms with van der Waals surface area (Å²) in [6.45, 7) is 4.10. The minimum atomic E-state index is 0. The fourth-order valence-electron chi connectivity index (χ4n) is 2.56. The zero-order chi connectivity index (χ0) is 18.5. The normalized spacial score (nSPS) is 11.3. The number of aliphatic imine (C=N–C) groups is 1. The van der Waals surface area contributed by atoms with Gasteiger partial charge in [0.2, 0.25) is 5.89 Å². The number of hydrogen-bond acceptors (Lipinski definition) is 4. The van der Waals surface area contributed by atoms with Crippen LogP contribution in [0.3, 0.4) is 0 Å². The minimum Gasteiger partial charge on any atom is -0.443 e. The number of thiophene rings is 1. The van der Waals surface area contributed by atoms with Crippen molar-refractivity contribution in [3.8, 4) is 10.8 Å². The van der Waals surface area contributed by atoms with Crippen LogP contribution in [0.4, 0.5) is 0 Å². The fourth-order valence-corrected chi connectivity index (χ4v) is 3.79. The molecule has 146 valence electrons. The molecule has 0 spiro atoms. The SMILES string of the molecule is CCNC(=NCc1coc(-c2cccs2)n1)N(C)Cc1cc(Br)cn1C.I. The van der Waals surface area contributed by atoms with Crippen molar-refractivity contribution >= 4 is 57.2 Å². The number of aryl methyl sites for hydroxylation is 1. The van der Waals surface area contributed by atoms with Gasteiger partial charge >= 0.3 is 0 Å². The lowest BCUT2D eigenvalue weighted by Crippen LogP contribution is -2.38. The first kappa shape index (κ1) is 22.0. The molecular weight excluding hydrogens is 541 g/mol. The maximum atomic E-state index is 5.56. The molecule has 0 aliphatic carbocycles. The molecule has 0 saturated carbocycles. The second-order valence-electron chi connectivity index (χ2n) is 5.91. The number of nitrogens with zero attached hydrogens (tertiary/aromatic N) is 4. The average Bonchev–Trinajstić information content (AvgIpc) is 3.33. The molecule has 6 nitrogen and oxygen atoms in total. The van der Waals surface area contributed by atoms with Gasteiger partial charge in [-0.05, 0) is 40.4 Å². The first-order chi connectivity index (χ1) is 12.6. The second-order valence-corrected chi connectivity index (χ2v) is 7.77. The summed E-state index contributed by atoms with van der Waals surface area (Å²) in [5, 5.41) is 5.34. The van der Waals surface area contributed by atoms with Gasteiger partial charge in [-0.15, -0.1) is 35.3 Å². The van der Waals surface area contributed by atoms with Gasteiger partial charge in [-0.2, -0.15) is 0 Å². The summed E-state index contributed by atoms with van der Waals surface area (Å²) in [6, 6.07) is 6.10. The van der Waals surface area contributed by atoms with E-state index in [0.29, 0.717) is 12.4 Å². The first-order valence-corrected chi connectivity index (χ1v) is 10.0. The molecule has 0 aliphatic rings. The summed E-state index contributed by atoms with van der Waals surface area (Å²) in [7, 11) is 4.07. The monoisotopic (exact) mass is 563 g/mol. The van der Waals surface area contributed by atoms with E-state index in [1.54, 1.807) is 17.6 Å². The van der Waals surface area contributed by atoms with Gasteiger partial charge in [0.05, 0.1) is 18.0 Å². The Labute approximate surface area is 188 Å². The molecule has 0 radical (unpaired) electrons. The largest absolute Gasteiger partial charge is 0.443 e. The summed E-state index contributed by atoms with van der Waals surface area (Å²) in [5.74, 6) is 1.49. The van der Waals surface area contributed by atoms with Gasteiger partial charge in [0, 0.05) is 37.0 Å². The molecule has 0 aromatic carbocycles. The Bertz CT molecular complexity index is 874. The highest BCUT2D eigenvalue weighted by molar-refractivity contribution is 14.0. The van der Waals surface area contributed by atoms with E-state index >= 15 is 0 Å². The number of hydrogen-bond donors (Lipinski definition) is 1. The molecule has 0 aliphatic heterocycles. The zero-order valence-electron chi connectivity index (χ0n) is 15.5. The van der Waals surface area contributed by atoms with Crippen LogP contribution in [0.25, 0.3) is 10.8 Å². The molecule has 0 saturated heterocycles.